The summed E-state index contributed by atoms with van der Waals surface area (Å²) in [4.78, 5) is 22.8. The molecule has 10 nitrogen and oxygen atoms in total. The van der Waals surface area contributed by atoms with Crippen molar-refractivity contribution in [1.29, 1.82) is 0 Å². The van der Waals surface area contributed by atoms with Crippen molar-refractivity contribution >= 4 is 17.5 Å². The van der Waals surface area contributed by atoms with Crippen molar-refractivity contribution in [2.45, 2.75) is 19.9 Å². The molecule has 0 radical (unpaired) electrons. The SMILES string of the molecule is CCOc1ccccc1NC(=O)C1=C(C)Nc2nc(-c3cccnc3)nn2C1c1ccc2c(c1)OCCO2. The lowest BCUT2D eigenvalue weighted by Crippen LogP contribution is -2.31. The van der Waals surface area contributed by atoms with E-state index in [4.69, 9.17) is 24.3 Å². The fourth-order valence-corrected chi connectivity index (χ4v) is 4.64. The van der Waals surface area contributed by atoms with Crippen molar-refractivity contribution in [2.75, 3.05) is 30.5 Å². The zero-order valence-corrected chi connectivity index (χ0v) is 21.0. The van der Waals surface area contributed by atoms with Gasteiger partial charge in [-0.25, -0.2) is 4.68 Å². The topological polar surface area (TPSA) is 112 Å². The van der Waals surface area contributed by atoms with E-state index in [-0.39, 0.29) is 5.91 Å². The smallest absolute Gasteiger partial charge is 0.255 e. The van der Waals surface area contributed by atoms with Crippen LogP contribution in [0.2, 0.25) is 0 Å². The number of pyridine rings is 1. The molecule has 0 aliphatic carbocycles. The van der Waals surface area contributed by atoms with Gasteiger partial charge in [0.2, 0.25) is 5.95 Å². The fourth-order valence-electron chi connectivity index (χ4n) is 4.64. The average Bonchev–Trinajstić information content (AvgIpc) is 3.37. The van der Waals surface area contributed by atoms with Crippen LogP contribution in [0, 0.1) is 0 Å². The Kier molecular flexibility index (Phi) is 6.12. The highest BCUT2D eigenvalue weighted by atomic mass is 16.6. The number of hydrogen-bond acceptors (Lipinski definition) is 8. The van der Waals surface area contributed by atoms with Gasteiger partial charge in [0.15, 0.2) is 17.3 Å². The van der Waals surface area contributed by atoms with E-state index in [1.54, 1.807) is 17.1 Å². The predicted molar refractivity (Wildman–Crippen MR) is 141 cm³/mol. The Morgan fingerprint density at radius 2 is 1.97 bits per heavy atom. The van der Waals surface area contributed by atoms with Gasteiger partial charge < -0.3 is 24.8 Å². The number of benzene rings is 2. The highest BCUT2D eigenvalue weighted by molar-refractivity contribution is 6.06. The molecule has 0 bridgehead atoms. The number of allylic oxidation sites excluding steroid dienone is 1. The van der Waals surface area contributed by atoms with Crippen molar-refractivity contribution in [1.82, 2.24) is 19.7 Å². The van der Waals surface area contributed by atoms with Crippen LogP contribution < -0.4 is 24.8 Å². The lowest BCUT2D eigenvalue weighted by Gasteiger charge is -2.29. The Balaban J connectivity index is 1.44. The van der Waals surface area contributed by atoms with Crippen LogP contribution >= 0.6 is 0 Å². The van der Waals surface area contributed by atoms with Crippen LogP contribution in [0.3, 0.4) is 0 Å². The number of amides is 1. The van der Waals surface area contributed by atoms with Crippen molar-refractivity contribution in [3.05, 3.63) is 83.8 Å². The molecule has 38 heavy (non-hydrogen) atoms. The molecule has 10 heteroatoms. The number of carbonyl (C=O) groups excluding carboxylic acids is 1. The minimum Gasteiger partial charge on any atom is -0.492 e. The third-order valence-electron chi connectivity index (χ3n) is 6.33. The number of ether oxygens (including phenoxy) is 3. The Morgan fingerprint density at radius 1 is 1.13 bits per heavy atom. The van der Waals surface area contributed by atoms with E-state index >= 15 is 0 Å². The minimum atomic E-state index is -0.584. The Labute approximate surface area is 219 Å². The number of nitrogens with zero attached hydrogens (tertiary/aromatic N) is 4. The molecule has 2 N–H and O–H groups in total. The normalized spacial score (nSPS) is 15.9. The first-order valence-corrected chi connectivity index (χ1v) is 12.4. The zero-order valence-electron chi connectivity index (χ0n) is 21.0. The molecule has 2 aliphatic heterocycles. The van der Waals surface area contributed by atoms with Crippen LogP contribution in [0.5, 0.6) is 17.2 Å². The maximum Gasteiger partial charge on any atom is 0.255 e. The molecule has 1 unspecified atom stereocenters. The number of hydrogen-bond donors (Lipinski definition) is 2. The summed E-state index contributed by atoms with van der Waals surface area (Å²) in [6.07, 6.45) is 3.41. The molecule has 0 saturated carbocycles. The number of aromatic nitrogens is 4. The summed E-state index contributed by atoms with van der Waals surface area (Å²) in [7, 11) is 0. The van der Waals surface area contributed by atoms with Crippen molar-refractivity contribution in [2.24, 2.45) is 0 Å². The number of carbonyl (C=O) groups is 1. The molecule has 0 fully saturated rings. The van der Waals surface area contributed by atoms with Gasteiger partial charge in [0, 0.05) is 23.7 Å². The van der Waals surface area contributed by atoms with Gasteiger partial charge in [-0.15, -0.1) is 5.10 Å². The van der Waals surface area contributed by atoms with E-state index in [1.807, 2.05) is 68.4 Å². The molecule has 0 saturated heterocycles. The zero-order chi connectivity index (χ0) is 26.1. The van der Waals surface area contributed by atoms with Gasteiger partial charge in [-0.3, -0.25) is 9.78 Å². The molecular weight excluding hydrogens is 484 g/mol. The standard InChI is InChI=1S/C28H26N6O4/c1-3-36-21-9-5-4-8-20(21)31-27(35)24-17(2)30-28-32-26(19-7-6-12-29-16-19)33-34(28)25(24)18-10-11-22-23(15-18)38-14-13-37-22/h4-12,15-16,25H,3,13-14H2,1-2H3,(H,31,35)(H,30,32,33). The first-order chi connectivity index (χ1) is 18.6. The Morgan fingerprint density at radius 3 is 2.79 bits per heavy atom. The molecule has 0 spiro atoms. The second-order valence-electron chi connectivity index (χ2n) is 8.80. The second-order valence-corrected chi connectivity index (χ2v) is 8.80. The Bertz CT molecular complexity index is 1530. The van der Waals surface area contributed by atoms with Crippen molar-refractivity contribution in [3.8, 4) is 28.6 Å². The molecule has 2 aromatic heterocycles. The highest BCUT2D eigenvalue weighted by Gasteiger charge is 2.35. The van der Waals surface area contributed by atoms with Gasteiger partial charge in [0.25, 0.3) is 5.91 Å². The quantitative estimate of drug-likeness (QED) is 0.392. The van der Waals surface area contributed by atoms with E-state index in [0.29, 0.717) is 65.8 Å². The molecule has 1 atom stereocenters. The molecular formula is C28H26N6O4. The number of fused-ring (bicyclic) bond motifs is 2. The van der Waals surface area contributed by atoms with Crippen LogP contribution in [0.1, 0.15) is 25.5 Å². The van der Waals surface area contributed by atoms with Crippen molar-refractivity contribution in [3.63, 3.8) is 0 Å². The van der Waals surface area contributed by atoms with E-state index in [2.05, 4.69) is 15.6 Å². The van der Waals surface area contributed by atoms with E-state index < -0.39 is 6.04 Å². The first kappa shape index (κ1) is 23.5. The lowest BCUT2D eigenvalue weighted by atomic mass is 9.94. The second kappa shape index (κ2) is 9.89. The summed E-state index contributed by atoms with van der Waals surface area (Å²) >= 11 is 0. The van der Waals surface area contributed by atoms with Gasteiger partial charge in [-0.2, -0.15) is 4.98 Å². The van der Waals surface area contributed by atoms with Crippen LogP contribution in [-0.4, -0.2) is 45.5 Å². The monoisotopic (exact) mass is 510 g/mol. The summed E-state index contributed by atoms with van der Waals surface area (Å²) in [5, 5.41) is 11.1. The number of anilines is 2. The minimum absolute atomic E-state index is 0.286. The van der Waals surface area contributed by atoms with Gasteiger partial charge in [-0.1, -0.05) is 18.2 Å². The van der Waals surface area contributed by atoms with Crippen molar-refractivity contribution < 1.29 is 19.0 Å². The maximum atomic E-state index is 13.9. The molecule has 2 aliphatic rings. The van der Waals surface area contributed by atoms with Crippen LogP contribution in [0.15, 0.2) is 78.3 Å². The predicted octanol–water partition coefficient (Wildman–Crippen LogP) is 4.44. The lowest BCUT2D eigenvalue weighted by molar-refractivity contribution is -0.113. The van der Waals surface area contributed by atoms with Gasteiger partial charge in [0.05, 0.1) is 17.9 Å². The summed E-state index contributed by atoms with van der Waals surface area (Å²) in [6.45, 7) is 5.19. The molecule has 2 aromatic carbocycles. The summed E-state index contributed by atoms with van der Waals surface area (Å²) in [5.74, 6) is 2.63. The maximum absolute atomic E-state index is 13.9. The van der Waals surface area contributed by atoms with Gasteiger partial charge in [0.1, 0.15) is 25.0 Å². The summed E-state index contributed by atoms with van der Waals surface area (Å²) < 4.78 is 19.0. The van der Waals surface area contributed by atoms with Crippen LogP contribution in [-0.2, 0) is 4.79 Å². The number of nitrogens with one attached hydrogen (secondary N) is 2. The molecule has 4 aromatic rings. The largest absolute Gasteiger partial charge is 0.492 e. The third kappa shape index (κ3) is 4.30. The van der Waals surface area contributed by atoms with Gasteiger partial charge in [-0.05, 0) is 55.8 Å². The third-order valence-corrected chi connectivity index (χ3v) is 6.33. The van der Waals surface area contributed by atoms with Gasteiger partial charge >= 0.3 is 0 Å². The van der Waals surface area contributed by atoms with Crippen LogP contribution in [0.4, 0.5) is 11.6 Å². The van der Waals surface area contributed by atoms with E-state index in [0.717, 1.165) is 11.1 Å². The van der Waals surface area contributed by atoms with E-state index in [1.165, 1.54) is 0 Å². The molecule has 1 amide bonds. The number of para-hydroxylation sites is 2. The summed E-state index contributed by atoms with van der Waals surface area (Å²) in [6, 6.07) is 16.2. The van der Waals surface area contributed by atoms with Crippen LogP contribution in [0.25, 0.3) is 11.4 Å². The number of rotatable bonds is 6. The first-order valence-electron chi connectivity index (χ1n) is 12.4. The average molecular weight is 511 g/mol. The fraction of sp³-hybridized carbons (Fsp3) is 0.214. The molecule has 6 rings (SSSR count). The molecule has 4 heterocycles. The van der Waals surface area contributed by atoms with E-state index in [9.17, 15) is 4.79 Å². The summed E-state index contributed by atoms with van der Waals surface area (Å²) in [5.41, 5.74) is 3.31. The Hall–Kier alpha value is -4.86. The highest BCUT2D eigenvalue weighted by Crippen LogP contribution is 2.40. The molecule has 192 valence electrons.